The Labute approximate surface area is 432 Å². The van der Waals surface area contributed by atoms with Crippen molar-refractivity contribution in [2.75, 3.05) is 4.90 Å². The van der Waals surface area contributed by atoms with E-state index in [1.165, 1.54) is 120 Å². The summed E-state index contributed by atoms with van der Waals surface area (Å²) >= 11 is 0. The van der Waals surface area contributed by atoms with Crippen LogP contribution in [0, 0.1) is 0 Å². The topological polar surface area (TPSA) is 8.17 Å². The third-order valence-corrected chi connectivity index (χ3v) is 17.0. The summed E-state index contributed by atoms with van der Waals surface area (Å²) in [7, 11) is 0. The highest BCUT2D eigenvalue weighted by Crippen LogP contribution is 2.39. The molecule has 0 bridgehead atoms. The molecule has 2 nitrogen and oxygen atoms in total. The maximum absolute atomic E-state index is 2.48. The second-order valence-corrected chi connectivity index (χ2v) is 20.5. The number of anilines is 3. The molecule has 3 aliphatic rings. The summed E-state index contributed by atoms with van der Waals surface area (Å²) in [5.41, 5.74) is 24.0. The maximum atomic E-state index is 2.48. The molecule has 6 heteroatoms. The first-order valence-corrected chi connectivity index (χ1v) is 26.2. The average Bonchev–Trinajstić information content (AvgIpc) is 3.91. The minimum Gasteiger partial charge on any atom is -0.310 e. The van der Waals surface area contributed by atoms with Gasteiger partial charge in [-0.2, -0.15) is 0 Å². The van der Waals surface area contributed by atoms with Crippen molar-refractivity contribution in [3.05, 3.63) is 267 Å². The predicted octanol–water partition coefficient (Wildman–Crippen LogP) is 7.56. The molecule has 0 saturated carbocycles. The molecule has 0 unspecified atom stereocenters. The van der Waals surface area contributed by atoms with Crippen LogP contribution in [0.5, 0.6) is 0 Å². The van der Waals surface area contributed by atoms with E-state index < -0.39 is 0 Å². The minimum atomic E-state index is 0.0361. The van der Waals surface area contributed by atoms with E-state index in [4.69, 9.17) is 0 Å². The predicted molar refractivity (Wildman–Crippen MR) is 321 cm³/mol. The molecule has 12 aromatic carbocycles. The fourth-order valence-corrected chi connectivity index (χ4v) is 14.2. The largest absolute Gasteiger partial charge is 0.310 e. The molecule has 1 aromatic heterocycles. The number of aromatic nitrogens is 1. The van der Waals surface area contributed by atoms with E-state index in [0.29, 0.717) is 0 Å². The Hall–Kier alpha value is -8.98. The molecule has 16 rings (SSSR count). The minimum absolute atomic E-state index is 0.0361. The fourth-order valence-electron chi connectivity index (χ4n) is 14.2. The van der Waals surface area contributed by atoms with Gasteiger partial charge in [-0.15, -0.1) is 0 Å². The van der Waals surface area contributed by atoms with Crippen LogP contribution in [-0.4, -0.2) is 31.4 Å². The Morgan fingerprint density at radius 3 is 1.08 bits per heavy atom. The molecule has 0 amide bonds. The molecule has 0 aliphatic carbocycles. The van der Waals surface area contributed by atoms with Gasteiger partial charge in [0, 0.05) is 32.9 Å². The molecular weight excluding hydrogens is 888 g/mol. The van der Waals surface area contributed by atoms with Crippen LogP contribution in [-0.2, 0) is 0 Å². The van der Waals surface area contributed by atoms with E-state index in [0.717, 1.165) is 11.4 Å². The van der Waals surface area contributed by atoms with Gasteiger partial charge in [-0.05, 0) is 59.3 Å². The van der Waals surface area contributed by atoms with Crippen LogP contribution in [0.1, 0.15) is 0 Å². The Bertz CT molecular complexity index is 4340. The van der Waals surface area contributed by atoms with E-state index in [1.54, 1.807) is 0 Å². The Balaban J connectivity index is 0.893. The highest BCUT2D eigenvalue weighted by atomic mass is 15.1. The van der Waals surface area contributed by atoms with E-state index in [1.807, 2.05) is 0 Å². The quantitative estimate of drug-likeness (QED) is 0.157. The second kappa shape index (κ2) is 16.3. The van der Waals surface area contributed by atoms with Gasteiger partial charge in [0.05, 0.1) is 22.4 Å². The Kier molecular flexibility index (Phi) is 9.15. The van der Waals surface area contributed by atoms with Gasteiger partial charge in [0.15, 0.2) is 0 Å². The standard InChI is InChI=1S/C68H44B4N2/c1-3-21-45(22-4-1)73(46-23-5-2-6-24-46)65-43-41-53(47-25-7-9-27-49(47)65)69-55-31-13-15-33-57(55)71-62-38-20-36-60-68(62)72(61-37-19-35-59(69)67(61)71)58-34-16-14-32-56(58)70(60)54-42-44-66(50-28-10-8-26-48(50)54)74-63-39-17-11-29-51(63)52-30-12-18-40-64(52)74/h1-44H. The first kappa shape index (κ1) is 41.6. The number of rotatable bonds is 6. The van der Waals surface area contributed by atoms with Crippen molar-refractivity contribution in [3.8, 4) is 5.69 Å². The summed E-state index contributed by atoms with van der Waals surface area (Å²) in [6.07, 6.45) is 0. The molecule has 74 heavy (non-hydrogen) atoms. The number of nitrogens with zero attached hydrogens (tertiary/aromatic N) is 2. The van der Waals surface area contributed by atoms with E-state index in [2.05, 4.69) is 276 Å². The molecule has 0 saturated heterocycles. The molecule has 0 fully saturated rings. The van der Waals surface area contributed by atoms with Crippen molar-refractivity contribution >= 4 is 153 Å². The third kappa shape index (κ3) is 5.88. The monoisotopic (exact) mass is 932 g/mol. The smallest absolute Gasteiger partial charge is 0.240 e. The second-order valence-electron chi connectivity index (χ2n) is 20.5. The summed E-state index contributed by atoms with van der Waals surface area (Å²) in [4.78, 5) is 2.41. The summed E-state index contributed by atoms with van der Waals surface area (Å²) in [6.45, 7) is 0.270. The van der Waals surface area contributed by atoms with E-state index in [-0.39, 0.29) is 26.9 Å². The lowest BCUT2D eigenvalue weighted by Gasteiger charge is -2.43. The number of fused-ring (bicyclic) bond motifs is 11. The first-order chi connectivity index (χ1) is 36.8. The zero-order valence-corrected chi connectivity index (χ0v) is 40.6. The number of hydrogen-bond donors (Lipinski definition) is 0. The summed E-state index contributed by atoms with van der Waals surface area (Å²) in [5.74, 6) is 0. The van der Waals surface area contributed by atoms with Gasteiger partial charge in [0.1, 0.15) is 0 Å². The first-order valence-electron chi connectivity index (χ1n) is 26.2. The van der Waals surface area contributed by atoms with E-state index >= 15 is 0 Å². The fraction of sp³-hybridized carbons (Fsp3) is 0. The molecule has 0 spiro atoms. The lowest BCUT2D eigenvalue weighted by atomic mass is 9.11. The molecule has 338 valence electrons. The molecule has 0 atom stereocenters. The van der Waals surface area contributed by atoms with Crippen LogP contribution in [0.25, 0.3) is 49.0 Å². The van der Waals surface area contributed by atoms with Gasteiger partial charge in [0.2, 0.25) is 26.9 Å². The zero-order valence-electron chi connectivity index (χ0n) is 40.6. The third-order valence-electron chi connectivity index (χ3n) is 17.0. The molecule has 3 aliphatic heterocycles. The van der Waals surface area contributed by atoms with Crippen LogP contribution in [0.15, 0.2) is 267 Å². The number of para-hydroxylation sites is 4. The van der Waals surface area contributed by atoms with Crippen LogP contribution >= 0.6 is 0 Å². The Morgan fingerprint density at radius 2 is 0.581 bits per heavy atom. The van der Waals surface area contributed by atoms with Gasteiger partial charge in [-0.3, -0.25) is 0 Å². The summed E-state index contributed by atoms with van der Waals surface area (Å²) < 4.78 is 2.48. The Morgan fingerprint density at radius 1 is 0.230 bits per heavy atom. The lowest BCUT2D eigenvalue weighted by Crippen LogP contribution is -2.89. The van der Waals surface area contributed by atoms with Crippen molar-refractivity contribution in [2.24, 2.45) is 0 Å². The van der Waals surface area contributed by atoms with Crippen LogP contribution in [0.2, 0.25) is 0 Å². The summed E-state index contributed by atoms with van der Waals surface area (Å²) in [5, 5.41) is 7.62. The van der Waals surface area contributed by atoms with Gasteiger partial charge < -0.3 is 9.47 Å². The summed E-state index contributed by atoms with van der Waals surface area (Å²) in [6, 6.07) is 101. The van der Waals surface area contributed by atoms with E-state index in [9.17, 15) is 0 Å². The number of hydrogen-bond acceptors (Lipinski definition) is 1. The molecular formula is C68H44B4N2. The zero-order chi connectivity index (χ0) is 48.4. The van der Waals surface area contributed by atoms with Crippen molar-refractivity contribution in [1.82, 2.24) is 4.57 Å². The SMILES string of the molecule is c1ccc(N(c2ccccc2)c2ccc(B3c4ccccc4B4c5cccc6c5B(c5ccccc5B6c5ccc(-n6c7ccccc7c7ccccc76)c6ccccc56)c5cccc3c54)c3ccccc23)cc1. The van der Waals surface area contributed by atoms with Gasteiger partial charge in [-0.25, -0.2) is 0 Å². The maximum Gasteiger partial charge on any atom is 0.240 e. The van der Waals surface area contributed by atoms with Crippen molar-refractivity contribution in [2.45, 2.75) is 0 Å². The average molecular weight is 932 g/mol. The molecule has 0 N–H and O–H groups in total. The van der Waals surface area contributed by atoms with Gasteiger partial charge >= 0.3 is 0 Å². The lowest BCUT2D eigenvalue weighted by molar-refractivity contribution is 1.20. The van der Waals surface area contributed by atoms with Gasteiger partial charge in [0.25, 0.3) is 0 Å². The number of benzene rings is 12. The van der Waals surface area contributed by atoms with Crippen LogP contribution in [0.4, 0.5) is 17.1 Å². The van der Waals surface area contributed by atoms with Crippen molar-refractivity contribution < 1.29 is 0 Å². The molecule has 4 heterocycles. The van der Waals surface area contributed by atoms with Crippen LogP contribution in [0.3, 0.4) is 0 Å². The van der Waals surface area contributed by atoms with Crippen molar-refractivity contribution in [3.63, 3.8) is 0 Å². The molecule has 0 radical (unpaired) electrons. The van der Waals surface area contributed by atoms with Crippen molar-refractivity contribution in [1.29, 1.82) is 0 Å². The normalized spacial score (nSPS) is 13.0. The molecule has 13 aromatic rings. The highest BCUT2D eigenvalue weighted by molar-refractivity contribution is 7.22. The van der Waals surface area contributed by atoms with Gasteiger partial charge in [-0.1, -0.05) is 284 Å². The van der Waals surface area contributed by atoms with Crippen LogP contribution < -0.4 is 70.5 Å². The highest BCUT2D eigenvalue weighted by Gasteiger charge is 2.50.